The third-order valence-corrected chi connectivity index (χ3v) is 12.1. The largest absolute Gasteiger partial charge is 0.303 e. The van der Waals surface area contributed by atoms with Gasteiger partial charge in [0.05, 0.1) is 0 Å². The number of Topliss-reactive ketones (excluding diaryl/α,β-unsaturated/α-hetero) is 1. The number of benzene rings is 1. The summed E-state index contributed by atoms with van der Waals surface area (Å²) in [5, 5.41) is 0. The molecule has 1 atom stereocenters. The third kappa shape index (κ3) is 6.47. The monoisotopic (exact) mass is 384 g/mol. The minimum absolute atomic E-state index is 0.0641. The van der Waals surface area contributed by atoms with Gasteiger partial charge in [-0.1, -0.05) is 71.9 Å². The fourth-order valence-electron chi connectivity index (χ4n) is 4.30. The summed E-state index contributed by atoms with van der Waals surface area (Å²) in [6.45, 7) is 13.8. The van der Waals surface area contributed by atoms with Crippen molar-refractivity contribution in [2.75, 3.05) is 0 Å². The summed E-state index contributed by atoms with van der Waals surface area (Å²) < 4.78 is 0. The predicted molar refractivity (Wildman–Crippen MR) is 118 cm³/mol. The van der Waals surface area contributed by atoms with Crippen LogP contribution in [0.4, 0.5) is 0 Å². The molecule has 0 radical (unpaired) electrons. The van der Waals surface area contributed by atoms with Crippen molar-refractivity contribution in [1.29, 1.82) is 0 Å². The second-order valence-electron chi connectivity index (χ2n) is 8.45. The van der Waals surface area contributed by atoms with E-state index in [0.29, 0.717) is 29.5 Å². The highest BCUT2D eigenvalue weighted by atomic mass is 28.3. The summed E-state index contributed by atoms with van der Waals surface area (Å²) in [5.74, 6) is 3.72. The Kier molecular flexibility index (Phi) is 9.73. The molecule has 148 valence electrons. The Morgan fingerprint density at radius 2 is 1.56 bits per heavy atom. The van der Waals surface area contributed by atoms with Gasteiger partial charge in [-0.3, -0.25) is 4.79 Å². The molecule has 0 aliphatic carbocycles. The Bertz CT molecular complexity index is 628. The van der Waals surface area contributed by atoms with E-state index >= 15 is 0 Å². The summed E-state index contributed by atoms with van der Waals surface area (Å²) in [5.41, 5.74) is 6.25. The minimum atomic E-state index is -1.78. The Labute approximate surface area is 167 Å². The molecular weight excluding hydrogens is 348 g/mol. The fraction of sp³-hybridized carbons (Fsp3) is 0.583. The van der Waals surface area contributed by atoms with Crippen LogP contribution < -0.4 is 0 Å². The van der Waals surface area contributed by atoms with Crippen molar-refractivity contribution >= 4 is 20.1 Å². The molecule has 0 N–H and O–H groups in total. The highest BCUT2D eigenvalue weighted by Crippen LogP contribution is 2.40. The van der Waals surface area contributed by atoms with Crippen LogP contribution >= 0.6 is 0 Å². The van der Waals surface area contributed by atoms with E-state index in [2.05, 4.69) is 53.0 Å². The van der Waals surface area contributed by atoms with E-state index in [0.717, 1.165) is 24.7 Å². The highest BCUT2D eigenvalue weighted by Gasteiger charge is 2.41. The van der Waals surface area contributed by atoms with E-state index in [-0.39, 0.29) is 11.7 Å². The van der Waals surface area contributed by atoms with E-state index in [1.165, 1.54) is 0 Å². The molecule has 0 aromatic heterocycles. The lowest BCUT2D eigenvalue weighted by atomic mass is 9.97. The zero-order chi connectivity index (χ0) is 20.4. The lowest BCUT2D eigenvalue weighted by Gasteiger charge is -2.38. The zero-order valence-electron chi connectivity index (χ0n) is 17.9. The van der Waals surface area contributed by atoms with E-state index < -0.39 is 8.07 Å². The number of rotatable bonds is 10. The average Bonchev–Trinajstić information content (AvgIpc) is 2.61. The first-order chi connectivity index (χ1) is 12.8. The van der Waals surface area contributed by atoms with Crippen LogP contribution in [0.25, 0.3) is 0 Å². The number of hydrogen-bond acceptors (Lipinski definition) is 2. The van der Waals surface area contributed by atoms with Crippen molar-refractivity contribution < 1.29 is 9.59 Å². The highest BCUT2D eigenvalue weighted by molar-refractivity contribution is 6.90. The molecule has 0 spiro atoms. The fourth-order valence-corrected chi connectivity index (χ4v) is 9.62. The van der Waals surface area contributed by atoms with Crippen molar-refractivity contribution in [2.24, 2.45) is 5.92 Å². The van der Waals surface area contributed by atoms with Gasteiger partial charge in [-0.25, -0.2) is 0 Å². The maximum absolute atomic E-state index is 12.3. The van der Waals surface area contributed by atoms with Gasteiger partial charge in [-0.2, -0.15) is 0 Å². The van der Waals surface area contributed by atoms with Crippen molar-refractivity contribution in [2.45, 2.75) is 83.8 Å². The molecular formula is C24H36O2Si. The SMILES string of the molecule is CC(C)[Si](C#C[C@H](CC=O)CCCC(=O)c1ccccc1)(C(C)C)C(C)C. The van der Waals surface area contributed by atoms with Gasteiger partial charge in [0.25, 0.3) is 0 Å². The summed E-state index contributed by atoms with van der Waals surface area (Å²) in [6, 6.07) is 9.42. The molecule has 1 aromatic carbocycles. The number of carbonyl (C=O) groups excluding carboxylic acids is 2. The molecule has 1 aromatic rings. The smallest absolute Gasteiger partial charge is 0.162 e. The summed E-state index contributed by atoms with van der Waals surface area (Å²) >= 11 is 0. The molecule has 0 bridgehead atoms. The Morgan fingerprint density at radius 3 is 2.04 bits per heavy atom. The molecule has 0 aliphatic rings. The van der Waals surface area contributed by atoms with E-state index in [4.69, 9.17) is 0 Å². The summed E-state index contributed by atoms with van der Waals surface area (Å²) in [4.78, 5) is 23.4. The first-order valence-electron chi connectivity index (χ1n) is 10.3. The van der Waals surface area contributed by atoms with Crippen molar-refractivity contribution in [3.05, 3.63) is 35.9 Å². The van der Waals surface area contributed by atoms with Crippen molar-refractivity contribution in [1.82, 2.24) is 0 Å². The maximum atomic E-state index is 12.3. The third-order valence-electron chi connectivity index (χ3n) is 5.79. The van der Waals surface area contributed by atoms with Crippen LogP contribution in [0.2, 0.25) is 16.6 Å². The van der Waals surface area contributed by atoms with Crippen LogP contribution in [0, 0.1) is 17.4 Å². The van der Waals surface area contributed by atoms with Gasteiger partial charge in [0.2, 0.25) is 0 Å². The van der Waals surface area contributed by atoms with Gasteiger partial charge < -0.3 is 4.79 Å². The first-order valence-corrected chi connectivity index (χ1v) is 12.5. The molecule has 3 heteroatoms. The van der Waals surface area contributed by atoms with Gasteiger partial charge >= 0.3 is 0 Å². The second kappa shape index (κ2) is 11.2. The molecule has 0 fully saturated rings. The summed E-state index contributed by atoms with van der Waals surface area (Å²) in [6.07, 6.45) is 3.54. The molecule has 0 amide bonds. The van der Waals surface area contributed by atoms with Crippen LogP contribution in [-0.4, -0.2) is 20.1 Å². The maximum Gasteiger partial charge on any atom is 0.162 e. The van der Waals surface area contributed by atoms with Crippen LogP contribution in [0.1, 0.15) is 77.6 Å². The number of hydrogen-bond donors (Lipinski definition) is 0. The molecule has 0 saturated carbocycles. The molecule has 0 unspecified atom stereocenters. The number of carbonyl (C=O) groups is 2. The Hall–Kier alpha value is -1.66. The molecule has 0 aliphatic heterocycles. The van der Waals surface area contributed by atoms with Gasteiger partial charge in [0.15, 0.2) is 5.78 Å². The van der Waals surface area contributed by atoms with Gasteiger partial charge in [-0.05, 0) is 29.5 Å². The summed E-state index contributed by atoms with van der Waals surface area (Å²) in [7, 11) is -1.78. The number of ketones is 1. The van der Waals surface area contributed by atoms with Gasteiger partial charge in [0, 0.05) is 24.3 Å². The molecule has 2 nitrogen and oxygen atoms in total. The van der Waals surface area contributed by atoms with Gasteiger partial charge in [0.1, 0.15) is 14.4 Å². The minimum Gasteiger partial charge on any atom is -0.303 e. The van der Waals surface area contributed by atoms with Crippen LogP contribution in [0.15, 0.2) is 30.3 Å². The van der Waals surface area contributed by atoms with Crippen LogP contribution in [-0.2, 0) is 4.79 Å². The predicted octanol–water partition coefficient (Wildman–Crippen LogP) is 6.47. The van der Waals surface area contributed by atoms with Gasteiger partial charge in [-0.15, -0.1) is 11.5 Å². The molecule has 27 heavy (non-hydrogen) atoms. The standard InChI is InChI=1S/C24H36O2Si/c1-19(2)27(20(3)4,21(5)6)18-16-22(15-17-25)11-10-14-24(26)23-12-8-7-9-13-23/h7-9,12-13,17,19-22H,10-11,14-15H2,1-6H3/t22-/m0/s1. The van der Waals surface area contributed by atoms with Crippen molar-refractivity contribution in [3.63, 3.8) is 0 Å². The topological polar surface area (TPSA) is 34.1 Å². The quantitative estimate of drug-likeness (QED) is 0.201. The zero-order valence-corrected chi connectivity index (χ0v) is 18.9. The average molecular weight is 385 g/mol. The normalized spacial score (nSPS) is 12.8. The van der Waals surface area contributed by atoms with E-state index in [1.807, 2.05) is 30.3 Å². The molecule has 0 heterocycles. The lowest BCUT2D eigenvalue weighted by molar-refractivity contribution is -0.108. The number of aldehydes is 1. The first kappa shape index (κ1) is 23.4. The molecule has 0 saturated heterocycles. The van der Waals surface area contributed by atoms with Crippen molar-refractivity contribution in [3.8, 4) is 11.5 Å². The Morgan fingerprint density at radius 1 is 1.00 bits per heavy atom. The van der Waals surface area contributed by atoms with E-state index in [1.54, 1.807) is 0 Å². The van der Waals surface area contributed by atoms with Crippen LogP contribution in [0.3, 0.4) is 0 Å². The molecule has 1 rings (SSSR count). The lowest BCUT2D eigenvalue weighted by Crippen LogP contribution is -2.43. The van der Waals surface area contributed by atoms with Crippen LogP contribution in [0.5, 0.6) is 0 Å². The van der Waals surface area contributed by atoms with E-state index in [9.17, 15) is 9.59 Å². The Balaban J connectivity index is 2.83. The second-order valence-corrected chi connectivity index (χ2v) is 14.0.